The third-order valence-corrected chi connectivity index (χ3v) is 7.90. The van der Waals surface area contributed by atoms with Gasteiger partial charge in [-0.3, -0.25) is 13.9 Å². The Bertz CT molecular complexity index is 1370. The minimum absolute atomic E-state index is 0.0183. The number of amides is 2. The zero-order valence-corrected chi connectivity index (χ0v) is 24.2. The minimum atomic E-state index is -4.14. The number of hydrogen-bond acceptors (Lipinski definition) is 5. The molecule has 0 aliphatic carbocycles. The molecule has 2 amide bonds. The van der Waals surface area contributed by atoms with E-state index >= 15 is 0 Å². The first kappa shape index (κ1) is 29.7. The Morgan fingerprint density at radius 3 is 2.05 bits per heavy atom. The molecule has 0 saturated heterocycles. The number of aryl methyl sites for hydroxylation is 1. The normalized spacial score (nSPS) is 12.4. The number of rotatable bonds is 10. The molecule has 208 valence electrons. The molecule has 0 bridgehead atoms. The molecule has 0 spiro atoms. The Kier molecular flexibility index (Phi) is 9.40. The van der Waals surface area contributed by atoms with Crippen LogP contribution in [0.5, 0.6) is 5.75 Å². The summed E-state index contributed by atoms with van der Waals surface area (Å²) < 4.78 is 34.0. The molecule has 0 aliphatic heterocycles. The molecular formula is C30H37N3O5S. The van der Waals surface area contributed by atoms with Gasteiger partial charge in [0, 0.05) is 12.1 Å². The molecule has 39 heavy (non-hydrogen) atoms. The number of hydrogen-bond donors (Lipinski definition) is 1. The van der Waals surface area contributed by atoms with Crippen LogP contribution in [0.2, 0.25) is 0 Å². The summed E-state index contributed by atoms with van der Waals surface area (Å²) in [7, 11) is -2.64. The number of nitrogens with zero attached hydrogens (tertiary/aromatic N) is 2. The van der Waals surface area contributed by atoms with Crippen LogP contribution in [0.25, 0.3) is 0 Å². The molecule has 1 atom stereocenters. The number of benzene rings is 3. The van der Waals surface area contributed by atoms with Crippen LogP contribution in [0, 0.1) is 6.92 Å². The lowest BCUT2D eigenvalue weighted by Crippen LogP contribution is -2.54. The standard InChI is InChI=1S/C30H37N3O5S/c1-22-12-14-25(15-13-22)33(39(36,37)27-18-16-26(38-6)17-19-27)21-28(34)32(20-24-10-8-7-9-11-24)23(2)29(35)31-30(3,4)5/h7-19,23H,20-21H2,1-6H3,(H,31,35)/t23-/m0/s1. The SMILES string of the molecule is COc1ccc(S(=O)(=O)N(CC(=O)N(Cc2ccccc2)[C@@H](C)C(=O)NC(C)(C)C)c2ccc(C)cc2)cc1. The summed E-state index contributed by atoms with van der Waals surface area (Å²) in [4.78, 5) is 28.5. The molecule has 0 aliphatic rings. The van der Waals surface area contributed by atoms with Crippen molar-refractivity contribution in [3.05, 3.63) is 90.0 Å². The van der Waals surface area contributed by atoms with Crippen molar-refractivity contribution < 1.29 is 22.7 Å². The van der Waals surface area contributed by atoms with E-state index in [2.05, 4.69) is 5.32 Å². The second-order valence-electron chi connectivity index (χ2n) is 10.4. The van der Waals surface area contributed by atoms with Crippen LogP contribution in [0.3, 0.4) is 0 Å². The minimum Gasteiger partial charge on any atom is -0.497 e. The summed E-state index contributed by atoms with van der Waals surface area (Å²) in [6.07, 6.45) is 0. The zero-order chi connectivity index (χ0) is 28.8. The third kappa shape index (κ3) is 7.83. The van der Waals surface area contributed by atoms with Crippen molar-refractivity contribution in [2.75, 3.05) is 18.0 Å². The maximum absolute atomic E-state index is 13.9. The average Bonchev–Trinajstić information content (AvgIpc) is 2.90. The highest BCUT2D eigenvalue weighted by Crippen LogP contribution is 2.26. The molecule has 0 heterocycles. The quantitative estimate of drug-likeness (QED) is 0.399. The number of carbonyl (C=O) groups excluding carboxylic acids is 2. The highest BCUT2D eigenvalue weighted by molar-refractivity contribution is 7.92. The van der Waals surface area contributed by atoms with E-state index in [1.807, 2.05) is 58.0 Å². The molecule has 0 unspecified atom stereocenters. The van der Waals surface area contributed by atoms with Crippen molar-refractivity contribution in [2.24, 2.45) is 0 Å². The van der Waals surface area contributed by atoms with Gasteiger partial charge in [-0.25, -0.2) is 8.42 Å². The number of carbonyl (C=O) groups is 2. The van der Waals surface area contributed by atoms with E-state index in [1.54, 1.807) is 43.3 Å². The van der Waals surface area contributed by atoms with E-state index in [0.29, 0.717) is 11.4 Å². The predicted octanol–water partition coefficient (Wildman–Crippen LogP) is 4.53. The summed E-state index contributed by atoms with van der Waals surface area (Å²) >= 11 is 0. The van der Waals surface area contributed by atoms with E-state index < -0.39 is 34.1 Å². The van der Waals surface area contributed by atoms with Gasteiger partial charge in [-0.2, -0.15) is 0 Å². The molecule has 0 radical (unpaired) electrons. The van der Waals surface area contributed by atoms with Crippen molar-refractivity contribution in [3.63, 3.8) is 0 Å². The first-order chi connectivity index (χ1) is 18.3. The lowest BCUT2D eigenvalue weighted by atomic mass is 10.1. The lowest BCUT2D eigenvalue weighted by molar-refractivity contribution is -0.140. The molecule has 3 aromatic rings. The van der Waals surface area contributed by atoms with Gasteiger partial charge in [0.1, 0.15) is 18.3 Å². The number of anilines is 1. The van der Waals surface area contributed by atoms with Crippen LogP contribution in [0.15, 0.2) is 83.8 Å². The average molecular weight is 552 g/mol. The molecule has 3 rings (SSSR count). The fourth-order valence-corrected chi connectivity index (χ4v) is 5.37. The Labute approximate surface area is 231 Å². The van der Waals surface area contributed by atoms with Crippen molar-refractivity contribution in [3.8, 4) is 5.75 Å². The van der Waals surface area contributed by atoms with Gasteiger partial charge in [0.05, 0.1) is 17.7 Å². The van der Waals surface area contributed by atoms with Gasteiger partial charge in [0.15, 0.2) is 0 Å². The second-order valence-corrected chi connectivity index (χ2v) is 12.3. The molecule has 1 N–H and O–H groups in total. The largest absolute Gasteiger partial charge is 0.497 e. The van der Waals surface area contributed by atoms with E-state index in [9.17, 15) is 18.0 Å². The number of ether oxygens (including phenoxy) is 1. The fraction of sp³-hybridized carbons (Fsp3) is 0.333. The van der Waals surface area contributed by atoms with Gasteiger partial charge >= 0.3 is 0 Å². The molecule has 0 aromatic heterocycles. The first-order valence-electron chi connectivity index (χ1n) is 12.7. The van der Waals surface area contributed by atoms with Crippen molar-refractivity contribution in [1.29, 1.82) is 0 Å². The smallest absolute Gasteiger partial charge is 0.264 e. The molecular weight excluding hydrogens is 514 g/mol. The van der Waals surface area contributed by atoms with Gasteiger partial charge < -0.3 is 15.0 Å². The van der Waals surface area contributed by atoms with Gasteiger partial charge in [-0.1, -0.05) is 48.0 Å². The first-order valence-corrected chi connectivity index (χ1v) is 14.1. The summed E-state index contributed by atoms with van der Waals surface area (Å²) in [6.45, 7) is 8.79. The molecule has 3 aromatic carbocycles. The van der Waals surface area contributed by atoms with Crippen LogP contribution in [0.1, 0.15) is 38.8 Å². The number of sulfonamides is 1. The molecule has 0 saturated carbocycles. The topological polar surface area (TPSA) is 96.0 Å². The van der Waals surface area contributed by atoms with E-state index in [0.717, 1.165) is 15.4 Å². The molecule has 0 fully saturated rings. The summed E-state index contributed by atoms with van der Waals surface area (Å²) in [5.74, 6) is -0.320. The van der Waals surface area contributed by atoms with Crippen LogP contribution >= 0.6 is 0 Å². The summed E-state index contributed by atoms with van der Waals surface area (Å²) in [5.41, 5.74) is 1.61. The van der Waals surface area contributed by atoms with E-state index in [1.165, 1.54) is 24.1 Å². The number of nitrogens with one attached hydrogen (secondary N) is 1. The summed E-state index contributed by atoms with van der Waals surface area (Å²) in [5, 5.41) is 2.92. The van der Waals surface area contributed by atoms with Gasteiger partial charge in [-0.15, -0.1) is 0 Å². The van der Waals surface area contributed by atoms with Crippen LogP contribution < -0.4 is 14.4 Å². The second kappa shape index (κ2) is 12.3. The van der Waals surface area contributed by atoms with Gasteiger partial charge in [0.25, 0.3) is 10.0 Å². The highest BCUT2D eigenvalue weighted by Gasteiger charge is 2.33. The maximum Gasteiger partial charge on any atom is 0.264 e. The Morgan fingerprint density at radius 1 is 0.923 bits per heavy atom. The van der Waals surface area contributed by atoms with Crippen LogP contribution in [-0.4, -0.2) is 50.4 Å². The molecule has 8 nitrogen and oxygen atoms in total. The highest BCUT2D eigenvalue weighted by atomic mass is 32.2. The Hall–Kier alpha value is -3.85. The summed E-state index contributed by atoms with van der Waals surface area (Å²) in [6, 6.07) is 21.4. The van der Waals surface area contributed by atoms with Crippen molar-refractivity contribution in [1.82, 2.24) is 10.2 Å². The van der Waals surface area contributed by atoms with E-state index in [-0.39, 0.29) is 17.3 Å². The zero-order valence-electron chi connectivity index (χ0n) is 23.3. The maximum atomic E-state index is 13.9. The fourth-order valence-electron chi connectivity index (χ4n) is 3.95. The van der Waals surface area contributed by atoms with Crippen LogP contribution in [0.4, 0.5) is 5.69 Å². The molecule has 9 heteroatoms. The number of methoxy groups -OCH3 is 1. The van der Waals surface area contributed by atoms with Crippen molar-refractivity contribution >= 4 is 27.5 Å². The van der Waals surface area contributed by atoms with Crippen LogP contribution in [-0.2, 0) is 26.2 Å². The van der Waals surface area contributed by atoms with Crippen molar-refractivity contribution in [2.45, 2.75) is 57.6 Å². The van der Waals surface area contributed by atoms with Gasteiger partial charge in [-0.05, 0) is 76.6 Å². The van der Waals surface area contributed by atoms with E-state index in [4.69, 9.17) is 4.74 Å². The third-order valence-electron chi connectivity index (χ3n) is 6.11. The lowest BCUT2D eigenvalue weighted by Gasteiger charge is -2.33. The monoisotopic (exact) mass is 551 g/mol. The van der Waals surface area contributed by atoms with Gasteiger partial charge in [0.2, 0.25) is 11.8 Å². The predicted molar refractivity (Wildman–Crippen MR) is 153 cm³/mol. The Balaban J connectivity index is 2.02. The Morgan fingerprint density at radius 2 is 1.51 bits per heavy atom.